The fourth-order valence-electron chi connectivity index (χ4n) is 1.43. The predicted octanol–water partition coefficient (Wildman–Crippen LogP) is 2.79. The highest BCUT2D eigenvalue weighted by molar-refractivity contribution is 9.10. The molecule has 2 rings (SSSR count). The lowest BCUT2D eigenvalue weighted by Crippen LogP contribution is -2.17. The summed E-state index contributed by atoms with van der Waals surface area (Å²) in [6.07, 6.45) is 3.60. The summed E-state index contributed by atoms with van der Waals surface area (Å²) in [6.45, 7) is 6.49. The van der Waals surface area contributed by atoms with Gasteiger partial charge in [0.2, 0.25) is 0 Å². The molecule has 0 aliphatic rings. The van der Waals surface area contributed by atoms with Crippen LogP contribution in [-0.4, -0.2) is 14.6 Å². The molecule has 4 heteroatoms. The molecule has 2 aromatic heterocycles. The highest BCUT2D eigenvalue weighted by Gasteiger charge is 2.18. The maximum absolute atomic E-state index is 4.29. The number of aromatic nitrogens is 3. The highest BCUT2D eigenvalue weighted by Crippen LogP contribution is 2.24. The molecule has 14 heavy (non-hydrogen) atoms. The lowest BCUT2D eigenvalue weighted by Gasteiger charge is -2.19. The first-order chi connectivity index (χ1) is 6.50. The van der Waals surface area contributed by atoms with Crippen molar-refractivity contribution in [2.24, 2.45) is 0 Å². The van der Waals surface area contributed by atoms with E-state index in [0.717, 1.165) is 15.8 Å². The van der Waals surface area contributed by atoms with Crippen molar-refractivity contribution < 1.29 is 0 Å². The molecule has 0 spiro atoms. The molecule has 0 unspecified atom stereocenters. The Labute approximate surface area is 91.3 Å². The van der Waals surface area contributed by atoms with Crippen molar-refractivity contribution in [3.8, 4) is 0 Å². The third-order valence-corrected chi connectivity index (χ3v) is 2.69. The molecule has 74 valence electrons. The second kappa shape index (κ2) is 3.05. The molecule has 0 saturated carbocycles. The van der Waals surface area contributed by atoms with Crippen molar-refractivity contribution in [3.63, 3.8) is 0 Å². The van der Waals surface area contributed by atoms with E-state index in [1.54, 1.807) is 6.20 Å². The Bertz CT molecular complexity index is 468. The largest absolute Gasteiger partial charge is 0.236 e. The van der Waals surface area contributed by atoms with E-state index in [9.17, 15) is 0 Å². The third kappa shape index (κ3) is 1.43. The topological polar surface area (TPSA) is 30.2 Å². The van der Waals surface area contributed by atoms with E-state index in [4.69, 9.17) is 0 Å². The molecule has 0 saturated heterocycles. The normalized spacial score (nSPS) is 12.3. The molecule has 0 aliphatic carbocycles. The molecule has 2 heterocycles. The van der Waals surface area contributed by atoms with E-state index < -0.39 is 0 Å². The summed E-state index contributed by atoms with van der Waals surface area (Å²) in [5, 5.41) is 4.29. The minimum atomic E-state index is 0.0760. The summed E-state index contributed by atoms with van der Waals surface area (Å²) in [5.74, 6) is 0. The quantitative estimate of drug-likeness (QED) is 0.723. The Balaban J connectivity index is 2.79. The summed E-state index contributed by atoms with van der Waals surface area (Å²) < 4.78 is 2.81. The van der Waals surface area contributed by atoms with Gasteiger partial charge in [0, 0.05) is 11.6 Å². The average Bonchev–Trinajstić information content (AvgIpc) is 2.46. The first kappa shape index (κ1) is 9.65. The standard InChI is InChI=1S/C10H12BrN3/c1-10(2,3)8-4-5-12-9-7(11)6-13-14(8)9/h4-6H,1-3H3. The maximum Gasteiger partial charge on any atom is 0.169 e. The Hall–Kier alpha value is -0.900. The van der Waals surface area contributed by atoms with Crippen LogP contribution in [0.4, 0.5) is 0 Å². The van der Waals surface area contributed by atoms with E-state index in [1.165, 1.54) is 0 Å². The van der Waals surface area contributed by atoms with E-state index >= 15 is 0 Å². The Morgan fingerprint density at radius 1 is 1.36 bits per heavy atom. The van der Waals surface area contributed by atoms with Crippen molar-refractivity contribution in [2.45, 2.75) is 26.2 Å². The lowest BCUT2D eigenvalue weighted by atomic mass is 9.92. The van der Waals surface area contributed by atoms with Gasteiger partial charge in [-0.15, -0.1) is 0 Å². The minimum absolute atomic E-state index is 0.0760. The van der Waals surface area contributed by atoms with Crippen LogP contribution < -0.4 is 0 Å². The van der Waals surface area contributed by atoms with E-state index in [-0.39, 0.29) is 5.41 Å². The van der Waals surface area contributed by atoms with Gasteiger partial charge in [-0.1, -0.05) is 20.8 Å². The van der Waals surface area contributed by atoms with Gasteiger partial charge in [-0.25, -0.2) is 9.50 Å². The monoisotopic (exact) mass is 253 g/mol. The van der Waals surface area contributed by atoms with Crippen LogP contribution in [0, 0.1) is 0 Å². The van der Waals surface area contributed by atoms with Gasteiger partial charge in [-0.05, 0) is 22.0 Å². The molecule has 0 radical (unpaired) electrons. The van der Waals surface area contributed by atoms with Crippen LogP contribution in [0.1, 0.15) is 26.5 Å². The van der Waals surface area contributed by atoms with Crippen LogP contribution in [-0.2, 0) is 5.41 Å². The molecule has 0 atom stereocenters. The van der Waals surface area contributed by atoms with Crippen molar-refractivity contribution >= 4 is 21.6 Å². The second-order valence-corrected chi connectivity index (χ2v) is 5.16. The van der Waals surface area contributed by atoms with E-state index in [2.05, 4.69) is 46.8 Å². The summed E-state index contributed by atoms with van der Waals surface area (Å²) >= 11 is 3.42. The van der Waals surface area contributed by atoms with Crippen LogP contribution in [0.5, 0.6) is 0 Å². The van der Waals surface area contributed by atoms with Crippen LogP contribution in [0.15, 0.2) is 22.9 Å². The number of rotatable bonds is 0. The number of fused-ring (bicyclic) bond motifs is 1. The molecule has 0 N–H and O–H groups in total. The zero-order chi connectivity index (χ0) is 10.3. The van der Waals surface area contributed by atoms with Gasteiger partial charge in [0.1, 0.15) is 0 Å². The number of halogens is 1. The molecule has 0 amide bonds. The third-order valence-electron chi connectivity index (χ3n) is 2.13. The van der Waals surface area contributed by atoms with E-state index in [0.29, 0.717) is 0 Å². The van der Waals surface area contributed by atoms with Crippen molar-refractivity contribution in [3.05, 3.63) is 28.6 Å². The van der Waals surface area contributed by atoms with Crippen LogP contribution in [0.2, 0.25) is 0 Å². The Morgan fingerprint density at radius 2 is 2.07 bits per heavy atom. The van der Waals surface area contributed by atoms with Crippen molar-refractivity contribution in [1.82, 2.24) is 14.6 Å². The lowest BCUT2D eigenvalue weighted by molar-refractivity contribution is 0.546. The average molecular weight is 254 g/mol. The minimum Gasteiger partial charge on any atom is -0.236 e. The van der Waals surface area contributed by atoms with Gasteiger partial charge in [0.25, 0.3) is 0 Å². The number of hydrogen-bond acceptors (Lipinski definition) is 2. The summed E-state index contributed by atoms with van der Waals surface area (Å²) in [6, 6.07) is 2.01. The van der Waals surface area contributed by atoms with Gasteiger partial charge in [0.15, 0.2) is 5.65 Å². The first-order valence-electron chi connectivity index (χ1n) is 4.49. The van der Waals surface area contributed by atoms with Gasteiger partial charge in [0.05, 0.1) is 16.4 Å². The molecular weight excluding hydrogens is 242 g/mol. The van der Waals surface area contributed by atoms with Gasteiger partial charge >= 0.3 is 0 Å². The Kier molecular flexibility index (Phi) is 2.10. The number of nitrogens with zero attached hydrogens (tertiary/aromatic N) is 3. The van der Waals surface area contributed by atoms with Gasteiger partial charge in [-0.2, -0.15) is 5.10 Å². The molecule has 3 nitrogen and oxygen atoms in total. The number of hydrogen-bond donors (Lipinski definition) is 0. The molecule has 0 aliphatic heterocycles. The first-order valence-corrected chi connectivity index (χ1v) is 5.28. The van der Waals surface area contributed by atoms with Gasteiger partial charge in [-0.3, -0.25) is 0 Å². The maximum atomic E-state index is 4.29. The fraction of sp³-hybridized carbons (Fsp3) is 0.400. The summed E-state index contributed by atoms with van der Waals surface area (Å²) in [4.78, 5) is 4.27. The van der Waals surface area contributed by atoms with Gasteiger partial charge < -0.3 is 0 Å². The van der Waals surface area contributed by atoms with Crippen molar-refractivity contribution in [1.29, 1.82) is 0 Å². The smallest absolute Gasteiger partial charge is 0.169 e. The SMILES string of the molecule is CC(C)(C)c1ccnc2c(Br)cnn12. The predicted molar refractivity (Wildman–Crippen MR) is 59.4 cm³/mol. The molecule has 2 aromatic rings. The van der Waals surface area contributed by atoms with Crippen LogP contribution in [0.3, 0.4) is 0 Å². The molecule has 0 fully saturated rings. The zero-order valence-electron chi connectivity index (χ0n) is 8.45. The van der Waals surface area contributed by atoms with Crippen molar-refractivity contribution in [2.75, 3.05) is 0 Å². The molecule has 0 bridgehead atoms. The summed E-state index contributed by atoms with van der Waals surface area (Å²) in [5.41, 5.74) is 2.11. The van der Waals surface area contributed by atoms with E-state index in [1.807, 2.05) is 16.8 Å². The zero-order valence-corrected chi connectivity index (χ0v) is 10.0. The molecular formula is C10H12BrN3. The molecule has 0 aromatic carbocycles. The van der Waals surface area contributed by atoms with Crippen LogP contribution >= 0.6 is 15.9 Å². The summed E-state index contributed by atoms with van der Waals surface area (Å²) in [7, 11) is 0. The Morgan fingerprint density at radius 3 is 2.71 bits per heavy atom. The van der Waals surface area contributed by atoms with Crippen LogP contribution in [0.25, 0.3) is 5.65 Å². The fourth-order valence-corrected chi connectivity index (χ4v) is 1.79. The highest BCUT2D eigenvalue weighted by atomic mass is 79.9. The second-order valence-electron chi connectivity index (χ2n) is 4.31.